The molecular formula is C23H27NO2S. The summed E-state index contributed by atoms with van der Waals surface area (Å²) in [6.45, 7) is 0.0705. The Bertz CT molecular complexity index is 875. The molecule has 3 atom stereocenters. The average molecular weight is 382 g/mol. The van der Waals surface area contributed by atoms with Gasteiger partial charge in [0.1, 0.15) is 0 Å². The smallest absolute Gasteiger partial charge is 0.0929 e. The third-order valence-corrected chi connectivity index (χ3v) is 7.16. The number of rotatable bonds is 4. The van der Waals surface area contributed by atoms with E-state index in [0.29, 0.717) is 23.1 Å². The van der Waals surface area contributed by atoms with Crippen molar-refractivity contribution in [1.82, 2.24) is 0 Å². The molecule has 0 spiro atoms. The number of benzene rings is 2. The Balaban J connectivity index is 1.52. The molecule has 2 aliphatic rings. The summed E-state index contributed by atoms with van der Waals surface area (Å²) >= 11 is 0.659. The number of aryl methyl sites for hydroxylation is 1. The predicted molar refractivity (Wildman–Crippen MR) is 111 cm³/mol. The molecule has 2 aromatic rings. The van der Waals surface area contributed by atoms with Crippen molar-refractivity contribution in [2.24, 2.45) is 11.7 Å². The van der Waals surface area contributed by atoms with E-state index in [2.05, 4.69) is 18.2 Å². The molecule has 0 heterocycles. The highest BCUT2D eigenvalue weighted by molar-refractivity contribution is 7.67. The van der Waals surface area contributed by atoms with Gasteiger partial charge in [0.15, 0.2) is 0 Å². The highest BCUT2D eigenvalue weighted by Crippen LogP contribution is 2.40. The highest BCUT2D eigenvalue weighted by atomic mass is 32.1. The van der Waals surface area contributed by atoms with Gasteiger partial charge in [-0.05, 0) is 66.7 Å². The van der Waals surface area contributed by atoms with Crippen LogP contribution in [0.4, 0.5) is 0 Å². The first-order valence-electron chi connectivity index (χ1n) is 9.85. The molecule has 0 aromatic heterocycles. The number of nitrogens with two attached hydrogens (primary N) is 1. The fraction of sp³-hybridized carbons (Fsp3) is 0.435. The van der Waals surface area contributed by atoms with Gasteiger partial charge in [-0.1, -0.05) is 48.5 Å². The van der Waals surface area contributed by atoms with Crippen LogP contribution in [0.1, 0.15) is 53.9 Å². The van der Waals surface area contributed by atoms with Gasteiger partial charge in [-0.2, -0.15) is 0 Å². The van der Waals surface area contributed by atoms with Crippen molar-refractivity contribution < 1.29 is 9.32 Å². The van der Waals surface area contributed by atoms with Gasteiger partial charge in [0.25, 0.3) is 0 Å². The van der Waals surface area contributed by atoms with E-state index in [-0.39, 0.29) is 6.61 Å². The molecule has 0 saturated heterocycles. The second-order valence-electron chi connectivity index (χ2n) is 8.24. The van der Waals surface area contributed by atoms with Gasteiger partial charge < -0.3 is 10.8 Å². The Kier molecular flexibility index (Phi) is 5.31. The Labute approximate surface area is 164 Å². The quantitative estimate of drug-likeness (QED) is 0.632. The number of hydrogen-bond donors (Lipinski definition) is 2. The number of hydrogen-bond acceptors (Lipinski definition) is 3. The SMILES string of the molecule is N[C@]1(CO)CC[C@H](c2ccc3c(c2)CC[C@H](C(=S=O)c2ccccc2)C3)C1. The average Bonchev–Trinajstić information content (AvgIpc) is 3.12. The molecule has 3 N–H and O–H groups in total. The number of aliphatic hydroxyl groups is 1. The summed E-state index contributed by atoms with van der Waals surface area (Å²) in [6, 6.07) is 16.9. The minimum absolute atomic E-state index is 0.0705. The second kappa shape index (κ2) is 7.70. The standard InChI is InChI=1S/C23H27NO2S/c24-23(15-25)11-10-21(14-23)19-7-6-18-13-20(9-8-17(18)12-19)22(27-26)16-4-2-1-3-5-16/h1-7,12,20-21,25H,8-11,13-15,24H2/t20-,21-,23+/m0/s1. The van der Waals surface area contributed by atoms with Crippen LogP contribution >= 0.6 is 0 Å². The van der Waals surface area contributed by atoms with Crippen molar-refractivity contribution in [3.63, 3.8) is 0 Å². The summed E-state index contributed by atoms with van der Waals surface area (Å²) in [5, 5.41) is 9.53. The van der Waals surface area contributed by atoms with Crippen molar-refractivity contribution in [2.45, 2.75) is 50.0 Å². The molecule has 0 aliphatic heterocycles. The van der Waals surface area contributed by atoms with Crippen LogP contribution in [0, 0.1) is 5.92 Å². The molecule has 27 heavy (non-hydrogen) atoms. The van der Waals surface area contributed by atoms with Gasteiger partial charge in [0.2, 0.25) is 0 Å². The monoisotopic (exact) mass is 381 g/mol. The van der Waals surface area contributed by atoms with E-state index in [1.54, 1.807) is 0 Å². The first-order chi connectivity index (χ1) is 13.1. The van der Waals surface area contributed by atoms with Crippen molar-refractivity contribution in [2.75, 3.05) is 6.61 Å². The van der Waals surface area contributed by atoms with E-state index >= 15 is 0 Å². The Morgan fingerprint density at radius 2 is 1.96 bits per heavy atom. The van der Waals surface area contributed by atoms with Gasteiger partial charge in [0.05, 0.1) is 22.7 Å². The van der Waals surface area contributed by atoms with Crippen molar-refractivity contribution in [3.05, 3.63) is 70.8 Å². The van der Waals surface area contributed by atoms with Crippen LogP contribution < -0.4 is 5.73 Å². The second-order valence-corrected chi connectivity index (χ2v) is 8.85. The Morgan fingerprint density at radius 1 is 1.15 bits per heavy atom. The molecule has 4 rings (SSSR count). The van der Waals surface area contributed by atoms with Crippen LogP contribution in [-0.2, 0) is 24.1 Å². The minimum atomic E-state index is -0.406. The third-order valence-electron chi connectivity index (χ3n) is 6.41. The van der Waals surface area contributed by atoms with E-state index in [1.165, 1.54) is 16.7 Å². The number of aliphatic hydroxyl groups excluding tert-OH is 1. The lowest BCUT2D eigenvalue weighted by molar-refractivity contribution is 0.198. The summed E-state index contributed by atoms with van der Waals surface area (Å²) < 4.78 is 11.8. The molecular weight excluding hydrogens is 354 g/mol. The van der Waals surface area contributed by atoms with Crippen LogP contribution in [-0.4, -0.2) is 26.3 Å². The summed E-state index contributed by atoms with van der Waals surface area (Å²) in [4.78, 5) is 0.969. The number of fused-ring (bicyclic) bond motifs is 1. The molecule has 142 valence electrons. The Morgan fingerprint density at radius 3 is 2.67 bits per heavy atom. The maximum atomic E-state index is 11.8. The first-order valence-corrected chi connectivity index (χ1v) is 10.6. The molecule has 0 bridgehead atoms. The fourth-order valence-corrected chi connectivity index (χ4v) is 5.36. The zero-order valence-corrected chi connectivity index (χ0v) is 16.4. The molecule has 2 aliphatic carbocycles. The molecule has 1 fully saturated rings. The molecule has 0 radical (unpaired) electrons. The third kappa shape index (κ3) is 3.79. The zero-order chi connectivity index (χ0) is 18.9. The van der Waals surface area contributed by atoms with Crippen LogP contribution in [0.15, 0.2) is 48.5 Å². The van der Waals surface area contributed by atoms with Gasteiger partial charge in [0, 0.05) is 11.5 Å². The van der Waals surface area contributed by atoms with Crippen LogP contribution in [0.3, 0.4) is 0 Å². The van der Waals surface area contributed by atoms with E-state index in [0.717, 1.165) is 49.0 Å². The van der Waals surface area contributed by atoms with Crippen molar-refractivity contribution in [3.8, 4) is 0 Å². The topological polar surface area (TPSA) is 63.3 Å². The normalized spacial score (nSPS) is 27.2. The summed E-state index contributed by atoms with van der Waals surface area (Å²) in [7, 11) is 0. The largest absolute Gasteiger partial charge is 0.394 e. The molecule has 3 nitrogen and oxygen atoms in total. The lowest BCUT2D eigenvalue weighted by Gasteiger charge is -2.27. The molecule has 1 saturated carbocycles. The van der Waals surface area contributed by atoms with E-state index in [9.17, 15) is 9.32 Å². The maximum absolute atomic E-state index is 11.8. The van der Waals surface area contributed by atoms with E-state index in [4.69, 9.17) is 5.73 Å². The van der Waals surface area contributed by atoms with Gasteiger partial charge in [-0.3, -0.25) is 0 Å². The predicted octanol–water partition coefficient (Wildman–Crippen LogP) is 3.18. The van der Waals surface area contributed by atoms with Gasteiger partial charge in [-0.25, -0.2) is 4.21 Å². The highest BCUT2D eigenvalue weighted by Gasteiger charge is 2.36. The molecule has 2 aromatic carbocycles. The van der Waals surface area contributed by atoms with Crippen LogP contribution in [0.2, 0.25) is 0 Å². The first kappa shape index (κ1) is 18.6. The maximum Gasteiger partial charge on any atom is 0.0929 e. The van der Waals surface area contributed by atoms with Crippen molar-refractivity contribution in [1.29, 1.82) is 0 Å². The van der Waals surface area contributed by atoms with Gasteiger partial charge in [-0.15, -0.1) is 0 Å². The minimum Gasteiger partial charge on any atom is -0.394 e. The van der Waals surface area contributed by atoms with Crippen LogP contribution in [0.25, 0.3) is 0 Å². The van der Waals surface area contributed by atoms with E-state index < -0.39 is 5.54 Å². The Hall–Kier alpha value is -1.75. The summed E-state index contributed by atoms with van der Waals surface area (Å²) in [6.07, 6.45) is 5.80. The van der Waals surface area contributed by atoms with Crippen molar-refractivity contribution >= 4 is 16.1 Å². The molecule has 4 heteroatoms. The lowest BCUT2D eigenvalue weighted by Crippen LogP contribution is -2.40. The van der Waals surface area contributed by atoms with Crippen LogP contribution in [0.5, 0.6) is 0 Å². The summed E-state index contributed by atoms with van der Waals surface area (Å²) in [5.41, 5.74) is 11.1. The zero-order valence-electron chi connectivity index (χ0n) is 15.6. The molecule has 0 amide bonds. The molecule has 0 unspecified atom stereocenters. The van der Waals surface area contributed by atoms with Gasteiger partial charge >= 0.3 is 0 Å². The summed E-state index contributed by atoms with van der Waals surface area (Å²) in [5.74, 6) is 0.764. The fourth-order valence-electron chi connectivity index (χ4n) is 4.79. The lowest BCUT2D eigenvalue weighted by atomic mass is 9.79. The van der Waals surface area contributed by atoms with E-state index in [1.807, 2.05) is 30.3 Å².